The molecule has 4 aromatic rings. The molecular formula is C31H28N4O4S. The van der Waals surface area contributed by atoms with E-state index in [0.717, 1.165) is 32.4 Å². The lowest BCUT2D eigenvalue weighted by molar-refractivity contribution is -0.384. The van der Waals surface area contributed by atoms with Crippen LogP contribution < -0.4 is 10.1 Å². The summed E-state index contributed by atoms with van der Waals surface area (Å²) in [4.78, 5) is 25.3. The predicted octanol–water partition coefficient (Wildman–Crippen LogP) is 7.49. The van der Waals surface area contributed by atoms with Gasteiger partial charge in [-0.25, -0.2) is 0 Å². The van der Waals surface area contributed by atoms with Gasteiger partial charge in [0.1, 0.15) is 17.4 Å². The highest BCUT2D eigenvalue weighted by atomic mass is 32.2. The number of rotatable bonds is 9. The molecule has 202 valence electrons. The monoisotopic (exact) mass is 552 g/mol. The van der Waals surface area contributed by atoms with E-state index in [-0.39, 0.29) is 17.4 Å². The van der Waals surface area contributed by atoms with Crippen LogP contribution in [0.2, 0.25) is 0 Å². The van der Waals surface area contributed by atoms with Gasteiger partial charge >= 0.3 is 0 Å². The minimum Gasteiger partial charge on any atom is -0.491 e. The minimum absolute atomic E-state index is 0.000721. The Hall–Kier alpha value is -4.81. The Morgan fingerprint density at radius 3 is 2.30 bits per heavy atom. The maximum atomic E-state index is 12.9. The number of carbonyl (C=O) groups is 1. The minimum atomic E-state index is -0.498. The lowest BCUT2D eigenvalue weighted by atomic mass is 10.1. The number of aromatic nitrogens is 1. The Kier molecular flexibility index (Phi) is 8.72. The normalized spacial score (nSPS) is 11.2. The van der Waals surface area contributed by atoms with Crippen molar-refractivity contribution >= 4 is 35.1 Å². The zero-order valence-electron chi connectivity index (χ0n) is 22.5. The van der Waals surface area contributed by atoms with Gasteiger partial charge in [-0.15, -0.1) is 0 Å². The van der Waals surface area contributed by atoms with Crippen LogP contribution in [0.25, 0.3) is 11.8 Å². The fraction of sp³-hybridized carbons (Fsp3) is 0.161. The number of nitro groups is 1. The number of benzene rings is 3. The summed E-state index contributed by atoms with van der Waals surface area (Å²) in [6.07, 6.45) is 1.60. The van der Waals surface area contributed by atoms with Crippen molar-refractivity contribution in [3.8, 4) is 17.5 Å². The number of anilines is 1. The second-order valence-electron chi connectivity index (χ2n) is 9.33. The summed E-state index contributed by atoms with van der Waals surface area (Å²) in [6.45, 7) is 7.76. The molecule has 1 aromatic heterocycles. The molecule has 0 unspecified atom stereocenters. The summed E-state index contributed by atoms with van der Waals surface area (Å²) in [5.74, 6) is 0.137. The predicted molar refractivity (Wildman–Crippen MR) is 157 cm³/mol. The molecule has 0 atom stereocenters. The number of nitriles is 1. The maximum absolute atomic E-state index is 12.9. The van der Waals surface area contributed by atoms with Crippen molar-refractivity contribution in [2.45, 2.75) is 43.6 Å². The highest BCUT2D eigenvalue weighted by Gasteiger charge is 2.15. The van der Waals surface area contributed by atoms with Crippen LogP contribution in [0.4, 0.5) is 11.4 Å². The molecular weight excluding hydrogens is 524 g/mol. The average Bonchev–Trinajstić information content (AvgIpc) is 3.20. The molecule has 0 saturated heterocycles. The van der Waals surface area contributed by atoms with Crippen LogP contribution in [0.3, 0.4) is 0 Å². The van der Waals surface area contributed by atoms with Crippen LogP contribution in [0.15, 0.2) is 94.2 Å². The van der Waals surface area contributed by atoms with E-state index in [9.17, 15) is 20.2 Å². The molecule has 0 aliphatic rings. The molecule has 1 heterocycles. The molecule has 3 aromatic carbocycles. The number of amides is 1. The van der Waals surface area contributed by atoms with Crippen molar-refractivity contribution in [2.24, 2.45) is 0 Å². The molecule has 0 saturated carbocycles. The van der Waals surface area contributed by atoms with Crippen molar-refractivity contribution in [1.82, 2.24) is 4.57 Å². The quantitative estimate of drug-likeness (QED) is 0.0997. The third kappa shape index (κ3) is 6.79. The number of non-ortho nitro benzene ring substituents is 1. The van der Waals surface area contributed by atoms with Gasteiger partial charge in [-0.2, -0.15) is 5.26 Å². The zero-order valence-corrected chi connectivity index (χ0v) is 23.4. The number of carbonyl (C=O) groups excluding carboxylic acids is 1. The summed E-state index contributed by atoms with van der Waals surface area (Å²) in [5, 5.41) is 23.4. The van der Waals surface area contributed by atoms with Gasteiger partial charge in [0, 0.05) is 50.8 Å². The van der Waals surface area contributed by atoms with E-state index in [0.29, 0.717) is 11.4 Å². The van der Waals surface area contributed by atoms with E-state index in [2.05, 4.69) is 9.88 Å². The number of aryl methyl sites for hydroxylation is 1. The average molecular weight is 553 g/mol. The summed E-state index contributed by atoms with van der Waals surface area (Å²) >= 11 is 1.51. The van der Waals surface area contributed by atoms with Gasteiger partial charge in [0.2, 0.25) is 0 Å². The van der Waals surface area contributed by atoms with E-state index in [1.807, 2.05) is 70.2 Å². The highest BCUT2D eigenvalue weighted by molar-refractivity contribution is 7.99. The van der Waals surface area contributed by atoms with Crippen LogP contribution in [0, 0.1) is 35.3 Å². The fourth-order valence-corrected chi connectivity index (χ4v) is 5.00. The first kappa shape index (κ1) is 28.2. The topological polar surface area (TPSA) is 110 Å². The molecule has 0 aliphatic heterocycles. The van der Waals surface area contributed by atoms with E-state index in [4.69, 9.17) is 4.74 Å². The van der Waals surface area contributed by atoms with Crippen LogP contribution in [-0.4, -0.2) is 21.5 Å². The lowest BCUT2D eigenvalue weighted by Gasteiger charge is -2.11. The summed E-state index contributed by atoms with van der Waals surface area (Å²) in [7, 11) is 0. The van der Waals surface area contributed by atoms with Crippen LogP contribution in [0.5, 0.6) is 5.75 Å². The molecule has 8 nitrogen and oxygen atoms in total. The van der Waals surface area contributed by atoms with E-state index >= 15 is 0 Å². The smallest absolute Gasteiger partial charge is 0.269 e. The number of hydrogen-bond donors (Lipinski definition) is 1. The van der Waals surface area contributed by atoms with Gasteiger partial charge < -0.3 is 14.6 Å². The van der Waals surface area contributed by atoms with Gasteiger partial charge in [-0.05, 0) is 93.9 Å². The Morgan fingerprint density at radius 1 is 1.05 bits per heavy atom. The van der Waals surface area contributed by atoms with Crippen LogP contribution in [-0.2, 0) is 4.79 Å². The van der Waals surface area contributed by atoms with Gasteiger partial charge in [-0.3, -0.25) is 14.9 Å². The Labute approximate surface area is 237 Å². The van der Waals surface area contributed by atoms with Crippen LogP contribution in [0.1, 0.15) is 30.8 Å². The Bertz CT molecular complexity index is 1610. The van der Waals surface area contributed by atoms with Crippen molar-refractivity contribution in [3.05, 3.63) is 112 Å². The van der Waals surface area contributed by atoms with Gasteiger partial charge in [-0.1, -0.05) is 17.8 Å². The number of ether oxygens (including phenoxy) is 1. The number of nitro benzene ring substituents is 1. The maximum Gasteiger partial charge on any atom is 0.269 e. The third-order valence-electron chi connectivity index (χ3n) is 5.98. The SMILES string of the molecule is Cc1cc(/C=C(/C#N)C(=O)Nc2cccc(OC(C)C)c2)c(C)n1-c1ccc(Sc2ccc([N+](=O)[O-])cc2)cc1. The molecule has 9 heteroatoms. The first-order valence-electron chi connectivity index (χ1n) is 12.6. The van der Waals surface area contributed by atoms with Gasteiger partial charge in [0.15, 0.2) is 0 Å². The molecule has 0 radical (unpaired) electrons. The summed E-state index contributed by atoms with van der Waals surface area (Å²) < 4.78 is 7.75. The molecule has 0 aliphatic carbocycles. The molecule has 1 amide bonds. The number of nitrogens with zero attached hydrogens (tertiary/aromatic N) is 3. The van der Waals surface area contributed by atoms with E-state index in [1.54, 1.807) is 36.4 Å². The molecule has 4 rings (SSSR count). The summed E-state index contributed by atoms with van der Waals surface area (Å²) in [5.41, 5.74) is 4.15. The van der Waals surface area contributed by atoms with Crippen molar-refractivity contribution in [1.29, 1.82) is 5.26 Å². The summed E-state index contributed by atoms with van der Waals surface area (Å²) in [6, 6.07) is 25.4. The second-order valence-corrected chi connectivity index (χ2v) is 10.5. The first-order chi connectivity index (χ1) is 19.1. The van der Waals surface area contributed by atoms with E-state index in [1.165, 1.54) is 23.9 Å². The first-order valence-corrected chi connectivity index (χ1v) is 13.4. The van der Waals surface area contributed by atoms with Crippen molar-refractivity contribution < 1.29 is 14.5 Å². The fourth-order valence-electron chi connectivity index (χ4n) is 4.19. The van der Waals surface area contributed by atoms with Crippen molar-refractivity contribution in [3.63, 3.8) is 0 Å². The van der Waals surface area contributed by atoms with E-state index < -0.39 is 10.8 Å². The Balaban J connectivity index is 1.51. The number of hydrogen-bond acceptors (Lipinski definition) is 6. The Morgan fingerprint density at radius 2 is 1.70 bits per heavy atom. The van der Waals surface area contributed by atoms with Gasteiger partial charge in [0.05, 0.1) is 11.0 Å². The molecule has 0 bridgehead atoms. The molecule has 1 N–H and O–H groups in total. The van der Waals surface area contributed by atoms with Crippen LogP contribution >= 0.6 is 11.8 Å². The van der Waals surface area contributed by atoms with Crippen molar-refractivity contribution in [2.75, 3.05) is 5.32 Å². The molecule has 0 fully saturated rings. The second kappa shape index (κ2) is 12.4. The molecule has 0 spiro atoms. The number of nitrogens with one attached hydrogen (secondary N) is 1. The highest BCUT2D eigenvalue weighted by Crippen LogP contribution is 2.31. The third-order valence-corrected chi connectivity index (χ3v) is 6.99. The largest absolute Gasteiger partial charge is 0.491 e. The lowest BCUT2D eigenvalue weighted by Crippen LogP contribution is -2.14. The van der Waals surface area contributed by atoms with Gasteiger partial charge in [0.25, 0.3) is 11.6 Å². The molecule has 40 heavy (non-hydrogen) atoms. The zero-order chi connectivity index (χ0) is 28.8. The standard InChI is InChI=1S/C31H28N4O4S/c1-20(2)39-28-7-5-6-25(18-28)33-31(36)24(19-32)17-23-16-21(3)34(22(23)4)26-8-12-29(13-9-26)40-30-14-10-27(11-15-30)35(37)38/h5-18,20H,1-4H3,(H,33,36)/b24-17-.